The fourth-order valence-corrected chi connectivity index (χ4v) is 1.59. The number of carboxylic acids is 1. The Hall–Kier alpha value is -2.36. The Balaban J connectivity index is 2.70. The largest absolute Gasteiger partial charge is 0.478 e. The highest BCUT2D eigenvalue weighted by Gasteiger charge is 2.03. The number of benzene rings is 1. The molecule has 0 aliphatic rings. The quantitative estimate of drug-likeness (QED) is 0.634. The Morgan fingerprint density at radius 1 is 1.35 bits per heavy atom. The van der Waals surface area contributed by atoms with Gasteiger partial charge in [0.2, 0.25) is 0 Å². The first-order chi connectivity index (χ1) is 8.06. The van der Waals surface area contributed by atoms with E-state index in [4.69, 9.17) is 9.52 Å². The van der Waals surface area contributed by atoms with Crippen molar-refractivity contribution < 1.29 is 14.3 Å². The van der Waals surface area contributed by atoms with Crippen molar-refractivity contribution in [3.8, 4) is 0 Å². The standard InChI is InChI=1S/C13H10O4/c1-8-2-4-10-9(3-5-12(14)15)7-13(16)17-11(10)6-8/h2-7H,1H3,(H,14,15)/b5-3+. The minimum atomic E-state index is -1.06. The van der Waals surface area contributed by atoms with Crippen molar-refractivity contribution in [2.24, 2.45) is 0 Å². The van der Waals surface area contributed by atoms with Gasteiger partial charge in [0.1, 0.15) is 5.58 Å². The average molecular weight is 230 g/mol. The van der Waals surface area contributed by atoms with Gasteiger partial charge < -0.3 is 9.52 Å². The summed E-state index contributed by atoms with van der Waals surface area (Å²) >= 11 is 0. The van der Waals surface area contributed by atoms with E-state index in [9.17, 15) is 9.59 Å². The third-order valence-electron chi connectivity index (χ3n) is 2.34. The fraction of sp³-hybridized carbons (Fsp3) is 0.0769. The predicted molar refractivity (Wildman–Crippen MR) is 63.9 cm³/mol. The molecule has 0 radical (unpaired) electrons. The SMILES string of the molecule is Cc1ccc2c(/C=C/C(=O)O)cc(=O)oc2c1. The van der Waals surface area contributed by atoms with Gasteiger partial charge in [-0.25, -0.2) is 9.59 Å². The Bertz CT molecular complexity index is 665. The molecule has 4 heteroatoms. The third-order valence-corrected chi connectivity index (χ3v) is 2.34. The number of aliphatic carboxylic acids is 1. The van der Waals surface area contributed by atoms with Crippen molar-refractivity contribution in [2.45, 2.75) is 6.92 Å². The lowest BCUT2D eigenvalue weighted by atomic mass is 10.1. The van der Waals surface area contributed by atoms with E-state index in [-0.39, 0.29) is 0 Å². The van der Waals surface area contributed by atoms with Crippen molar-refractivity contribution in [2.75, 3.05) is 0 Å². The maximum absolute atomic E-state index is 11.3. The maximum atomic E-state index is 11.3. The van der Waals surface area contributed by atoms with Crippen LogP contribution >= 0.6 is 0 Å². The minimum Gasteiger partial charge on any atom is -0.478 e. The van der Waals surface area contributed by atoms with E-state index in [1.807, 2.05) is 13.0 Å². The average Bonchev–Trinajstić information content (AvgIpc) is 2.24. The highest BCUT2D eigenvalue weighted by molar-refractivity contribution is 5.92. The molecule has 0 aliphatic carbocycles. The van der Waals surface area contributed by atoms with Crippen LogP contribution in [-0.4, -0.2) is 11.1 Å². The molecule has 17 heavy (non-hydrogen) atoms. The summed E-state index contributed by atoms with van der Waals surface area (Å²) in [7, 11) is 0. The van der Waals surface area contributed by atoms with Gasteiger partial charge in [-0.3, -0.25) is 0 Å². The molecule has 1 N–H and O–H groups in total. The van der Waals surface area contributed by atoms with E-state index in [0.717, 1.165) is 11.6 Å². The summed E-state index contributed by atoms with van der Waals surface area (Å²) in [4.78, 5) is 21.8. The number of hydrogen-bond acceptors (Lipinski definition) is 3. The molecule has 0 spiro atoms. The molecule has 1 aromatic carbocycles. The van der Waals surface area contributed by atoms with Crippen LogP contribution in [0.1, 0.15) is 11.1 Å². The first kappa shape index (κ1) is 11.1. The van der Waals surface area contributed by atoms with Gasteiger partial charge in [0.25, 0.3) is 0 Å². The lowest BCUT2D eigenvalue weighted by Crippen LogP contribution is -1.98. The van der Waals surface area contributed by atoms with Crippen LogP contribution < -0.4 is 5.63 Å². The van der Waals surface area contributed by atoms with E-state index in [1.54, 1.807) is 12.1 Å². The number of fused-ring (bicyclic) bond motifs is 1. The molecular weight excluding hydrogens is 220 g/mol. The molecule has 0 fully saturated rings. The summed E-state index contributed by atoms with van der Waals surface area (Å²) < 4.78 is 5.05. The van der Waals surface area contributed by atoms with Crippen LogP contribution in [0.5, 0.6) is 0 Å². The number of aryl methyl sites for hydroxylation is 1. The summed E-state index contributed by atoms with van der Waals surface area (Å²) in [5.41, 5.74) is 1.48. The van der Waals surface area contributed by atoms with Gasteiger partial charge >= 0.3 is 11.6 Å². The molecule has 0 aliphatic heterocycles. The zero-order valence-electron chi connectivity index (χ0n) is 9.14. The third kappa shape index (κ3) is 2.42. The molecule has 86 valence electrons. The normalized spacial score (nSPS) is 11.1. The molecule has 0 unspecified atom stereocenters. The van der Waals surface area contributed by atoms with Crippen molar-refractivity contribution >= 4 is 23.0 Å². The number of rotatable bonds is 2. The second-order valence-corrected chi connectivity index (χ2v) is 3.69. The molecule has 0 saturated carbocycles. The lowest BCUT2D eigenvalue weighted by molar-refractivity contribution is -0.131. The molecular formula is C13H10O4. The van der Waals surface area contributed by atoms with Crippen molar-refractivity contribution in [3.05, 3.63) is 51.9 Å². The van der Waals surface area contributed by atoms with E-state index >= 15 is 0 Å². The van der Waals surface area contributed by atoms with E-state index in [2.05, 4.69) is 0 Å². The van der Waals surface area contributed by atoms with Crippen LogP contribution in [0.25, 0.3) is 17.0 Å². The van der Waals surface area contributed by atoms with Gasteiger partial charge in [-0.2, -0.15) is 0 Å². The molecule has 0 bridgehead atoms. The summed E-state index contributed by atoms with van der Waals surface area (Å²) in [6, 6.07) is 6.70. The molecule has 1 aromatic heterocycles. The van der Waals surface area contributed by atoms with Gasteiger partial charge in [-0.05, 0) is 30.2 Å². The highest BCUT2D eigenvalue weighted by Crippen LogP contribution is 2.19. The van der Waals surface area contributed by atoms with Crippen LogP contribution in [0, 0.1) is 6.92 Å². The fourth-order valence-electron chi connectivity index (χ4n) is 1.59. The van der Waals surface area contributed by atoms with E-state index in [1.165, 1.54) is 12.1 Å². The molecule has 0 atom stereocenters. The number of carbonyl (C=O) groups is 1. The molecule has 4 nitrogen and oxygen atoms in total. The molecule has 2 aromatic rings. The smallest absolute Gasteiger partial charge is 0.336 e. The Morgan fingerprint density at radius 3 is 2.82 bits per heavy atom. The van der Waals surface area contributed by atoms with Crippen molar-refractivity contribution in [3.63, 3.8) is 0 Å². The highest BCUT2D eigenvalue weighted by atomic mass is 16.4. The van der Waals surface area contributed by atoms with Crippen LogP contribution in [-0.2, 0) is 4.79 Å². The van der Waals surface area contributed by atoms with Gasteiger partial charge in [0, 0.05) is 17.5 Å². The number of hydrogen-bond donors (Lipinski definition) is 1. The Labute approximate surface area is 96.8 Å². The summed E-state index contributed by atoms with van der Waals surface area (Å²) in [6.45, 7) is 1.89. The van der Waals surface area contributed by atoms with E-state index < -0.39 is 11.6 Å². The summed E-state index contributed by atoms with van der Waals surface area (Å²) in [6.07, 6.45) is 2.38. The topological polar surface area (TPSA) is 67.5 Å². The van der Waals surface area contributed by atoms with Crippen molar-refractivity contribution in [1.82, 2.24) is 0 Å². The van der Waals surface area contributed by atoms with Crippen LogP contribution in [0.15, 0.2) is 39.6 Å². The molecule has 1 heterocycles. The van der Waals surface area contributed by atoms with Crippen LogP contribution in [0.2, 0.25) is 0 Å². The maximum Gasteiger partial charge on any atom is 0.336 e. The van der Waals surface area contributed by atoms with Gasteiger partial charge in [-0.1, -0.05) is 12.1 Å². The minimum absolute atomic E-state index is 0.461. The van der Waals surface area contributed by atoms with Gasteiger partial charge in [0.15, 0.2) is 0 Å². The first-order valence-corrected chi connectivity index (χ1v) is 5.02. The monoisotopic (exact) mass is 230 g/mol. The Kier molecular flexibility index (Phi) is 2.78. The first-order valence-electron chi connectivity index (χ1n) is 5.02. The molecule has 0 saturated heterocycles. The van der Waals surface area contributed by atoms with Gasteiger partial charge in [-0.15, -0.1) is 0 Å². The second kappa shape index (κ2) is 4.25. The van der Waals surface area contributed by atoms with E-state index in [0.29, 0.717) is 16.5 Å². The summed E-state index contributed by atoms with van der Waals surface area (Å²) in [5.74, 6) is -1.06. The summed E-state index contributed by atoms with van der Waals surface area (Å²) in [5, 5.41) is 9.29. The van der Waals surface area contributed by atoms with Crippen LogP contribution in [0.3, 0.4) is 0 Å². The number of carboxylic acid groups (broad SMARTS) is 1. The molecule has 2 rings (SSSR count). The zero-order chi connectivity index (χ0) is 12.4. The van der Waals surface area contributed by atoms with Crippen LogP contribution in [0.4, 0.5) is 0 Å². The lowest BCUT2D eigenvalue weighted by Gasteiger charge is -2.01. The van der Waals surface area contributed by atoms with Crippen molar-refractivity contribution in [1.29, 1.82) is 0 Å². The predicted octanol–water partition coefficient (Wildman–Crippen LogP) is 2.20. The van der Waals surface area contributed by atoms with Gasteiger partial charge in [0.05, 0.1) is 0 Å². The zero-order valence-corrected chi connectivity index (χ0v) is 9.14. The molecule has 0 amide bonds. The second-order valence-electron chi connectivity index (χ2n) is 3.69. The Morgan fingerprint density at radius 2 is 2.12 bits per heavy atom.